The first-order chi connectivity index (χ1) is 16.0. The maximum Gasteiger partial charge on any atom is 0.469 e. The number of ether oxygens (including phenoxy) is 1. The molecule has 0 saturated carbocycles. The number of aromatic nitrogens is 6. The highest BCUT2D eigenvalue weighted by atomic mass is 31.2. The number of nitrogens with zero attached hydrogens (tertiary/aromatic N) is 4. The molecule has 0 spiro atoms. The fourth-order valence-corrected chi connectivity index (χ4v) is 3.71. The van der Waals surface area contributed by atoms with Gasteiger partial charge in [0.25, 0.3) is 5.56 Å². The molecule has 3 aromatic heterocycles. The molecule has 182 valence electrons. The first-order valence-corrected chi connectivity index (χ1v) is 11.2. The van der Waals surface area contributed by atoms with Crippen LogP contribution in [0.5, 0.6) is 0 Å². The Hall–Kier alpha value is -3.37. The summed E-state index contributed by atoms with van der Waals surface area (Å²) in [6, 6.07) is 7.74. The van der Waals surface area contributed by atoms with Crippen LogP contribution < -0.4 is 17.0 Å². The molecule has 5 rings (SSSR count). The van der Waals surface area contributed by atoms with Crippen LogP contribution in [0.15, 0.2) is 35.4 Å². The summed E-state index contributed by atoms with van der Waals surface area (Å²) in [5.41, 5.74) is 12.2. The van der Waals surface area contributed by atoms with Crippen LogP contribution in [0.3, 0.4) is 0 Å². The molecule has 0 amide bonds. The molecule has 4 heterocycles. The summed E-state index contributed by atoms with van der Waals surface area (Å²) in [5, 5.41) is 20.1. The molecule has 4 aromatic rings. The third-order valence-electron chi connectivity index (χ3n) is 4.88. The number of H-pyrrole nitrogens is 2. The minimum atomic E-state index is -4.76. The second-order valence-corrected chi connectivity index (χ2v) is 8.49. The highest BCUT2D eigenvalue weighted by molar-refractivity contribution is 7.46. The van der Waals surface area contributed by atoms with Crippen molar-refractivity contribution in [3.8, 4) is 0 Å². The largest absolute Gasteiger partial charge is 0.469 e. The summed E-state index contributed by atoms with van der Waals surface area (Å²) < 4.78 is 21.6. The summed E-state index contributed by atoms with van der Waals surface area (Å²) in [6.07, 6.45) is -4.22. The predicted molar refractivity (Wildman–Crippen MR) is 117 cm³/mol. The molecule has 1 aliphatic rings. The first-order valence-electron chi connectivity index (χ1n) is 9.67. The van der Waals surface area contributed by atoms with E-state index in [0.717, 1.165) is 11.0 Å². The Bertz CT molecular complexity index is 1380. The molecular weight excluding hydrogens is 475 g/mol. The molecule has 0 aliphatic carbocycles. The second-order valence-electron chi connectivity index (χ2n) is 7.25. The van der Waals surface area contributed by atoms with Gasteiger partial charge in [-0.1, -0.05) is 12.1 Å². The number of hydrogen-bond acceptors (Lipinski definition) is 11. The van der Waals surface area contributed by atoms with Gasteiger partial charge in [-0.3, -0.25) is 18.9 Å². The molecular formula is C17H21N8O8P. The topological polar surface area (TPSA) is 261 Å². The lowest BCUT2D eigenvalue weighted by atomic mass is 10.1. The summed E-state index contributed by atoms with van der Waals surface area (Å²) in [6.45, 7) is -0.651. The predicted octanol–water partition coefficient (Wildman–Crippen LogP) is -1.42. The van der Waals surface area contributed by atoms with E-state index in [0.29, 0.717) is 5.95 Å². The van der Waals surface area contributed by atoms with Gasteiger partial charge in [0.15, 0.2) is 23.3 Å². The first kappa shape index (κ1) is 23.8. The smallest absolute Gasteiger partial charge is 0.387 e. The van der Waals surface area contributed by atoms with E-state index >= 15 is 0 Å². The molecule has 1 aliphatic heterocycles. The van der Waals surface area contributed by atoms with E-state index in [1.54, 1.807) is 0 Å². The average Bonchev–Trinajstić information content (AvgIpc) is 3.42. The number of imidazole rings is 2. The molecule has 34 heavy (non-hydrogen) atoms. The zero-order chi connectivity index (χ0) is 24.6. The number of fused-ring (bicyclic) bond motifs is 2. The summed E-state index contributed by atoms with van der Waals surface area (Å²) in [4.78, 5) is 46.1. The quantitative estimate of drug-likeness (QED) is 0.151. The van der Waals surface area contributed by atoms with Gasteiger partial charge in [-0.15, -0.1) is 0 Å². The SMILES string of the molecule is Nc1nc2c(ncn2[C@@H]2O[C@H](COP(=O)(O)O)[C@@H](O)[C@H]2O)c(=O)[nH]1.Nc1nc2ccccc2[nH]1. The molecule has 0 unspecified atom stereocenters. The molecule has 4 atom stereocenters. The zero-order valence-corrected chi connectivity index (χ0v) is 18.1. The molecule has 0 radical (unpaired) electrons. The molecule has 10 N–H and O–H groups in total. The zero-order valence-electron chi connectivity index (χ0n) is 17.2. The number of benzene rings is 1. The number of hydrogen-bond donors (Lipinski definition) is 8. The van der Waals surface area contributed by atoms with Gasteiger partial charge in [-0.25, -0.2) is 14.5 Å². The molecule has 16 nitrogen and oxygen atoms in total. The monoisotopic (exact) mass is 496 g/mol. The van der Waals surface area contributed by atoms with Crippen molar-refractivity contribution >= 4 is 41.9 Å². The Morgan fingerprint density at radius 3 is 2.53 bits per heavy atom. The Labute approximate surface area is 189 Å². The number of para-hydroxylation sites is 2. The van der Waals surface area contributed by atoms with Crippen molar-refractivity contribution in [1.82, 2.24) is 29.5 Å². The highest BCUT2D eigenvalue weighted by Gasteiger charge is 2.45. The minimum Gasteiger partial charge on any atom is -0.387 e. The van der Waals surface area contributed by atoms with Crippen molar-refractivity contribution in [2.75, 3.05) is 18.1 Å². The Balaban J connectivity index is 0.000000226. The molecule has 1 fully saturated rings. The summed E-state index contributed by atoms with van der Waals surface area (Å²) >= 11 is 0. The van der Waals surface area contributed by atoms with E-state index < -0.39 is 44.5 Å². The van der Waals surface area contributed by atoms with Crippen LogP contribution in [0.25, 0.3) is 22.2 Å². The van der Waals surface area contributed by atoms with Crippen LogP contribution in [0.2, 0.25) is 0 Å². The number of phosphoric ester groups is 1. The second kappa shape index (κ2) is 9.11. The van der Waals surface area contributed by atoms with E-state index in [4.69, 9.17) is 26.0 Å². The van der Waals surface area contributed by atoms with E-state index in [1.807, 2.05) is 24.3 Å². The summed E-state index contributed by atoms with van der Waals surface area (Å²) in [5.74, 6) is 0.296. The van der Waals surface area contributed by atoms with Crippen LogP contribution in [0, 0.1) is 0 Å². The van der Waals surface area contributed by atoms with Gasteiger partial charge in [-0.05, 0) is 12.1 Å². The van der Waals surface area contributed by atoms with Crippen molar-refractivity contribution in [2.45, 2.75) is 24.5 Å². The number of aliphatic hydroxyl groups excluding tert-OH is 2. The number of nitrogen functional groups attached to an aromatic ring is 2. The Kier molecular flexibility index (Phi) is 6.37. The van der Waals surface area contributed by atoms with Gasteiger partial charge < -0.3 is 41.2 Å². The number of rotatable bonds is 4. The number of nitrogens with two attached hydrogens (primary N) is 2. The van der Waals surface area contributed by atoms with Crippen LogP contribution in [0.1, 0.15) is 6.23 Å². The number of anilines is 2. The van der Waals surface area contributed by atoms with Crippen LogP contribution in [-0.2, 0) is 13.8 Å². The molecule has 0 bridgehead atoms. The van der Waals surface area contributed by atoms with Crippen LogP contribution in [0.4, 0.5) is 11.9 Å². The van der Waals surface area contributed by atoms with E-state index in [9.17, 15) is 19.6 Å². The number of aliphatic hydroxyl groups is 2. The lowest BCUT2D eigenvalue weighted by Crippen LogP contribution is -2.33. The normalized spacial score (nSPS) is 22.7. The lowest BCUT2D eigenvalue weighted by molar-refractivity contribution is -0.0503. The fourth-order valence-electron chi connectivity index (χ4n) is 3.37. The van der Waals surface area contributed by atoms with Crippen molar-refractivity contribution in [3.63, 3.8) is 0 Å². The lowest BCUT2D eigenvalue weighted by Gasteiger charge is -2.16. The van der Waals surface area contributed by atoms with E-state index in [2.05, 4.69) is 29.4 Å². The summed E-state index contributed by atoms with van der Waals surface area (Å²) in [7, 11) is -4.76. The fraction of sp³-hybridized carbons (Fsp3) is 0.294. The third kappa shape index (κ3) is 4.92. The Morgan fingerprint density at radius 2 is 1.82 bits per heavy atom. The van der Waals surface area contributed by atoms with E-state index in [-0.39, 0.29) is 17.1 Å². The minimum absolute atomic E-state index is 0.0176. The van der Waals surface area contributed by atoms with Crippen LogP contribution in [-0.4, -0.2) is 74.4 Å². The van der Waals surface area contributed by atoms with Crippen molar-refractivity contribution in [1.29, 1.82) is 0 Å². The molecule has 1 aromatic carbocycles. The highest BCUT2D eigenvalue weighted by Crippen LogP contribution is 2.38. The van der Waals surface area contributed by atoms with Gasteiger partial charge in [-0.2, -0.15) is 4.98 Å². The third-order valence-corrected chi connectivity index (χ3v) is 5.36. The number of nitrogens with one attached hydrogen (secondary N) is 2. The van der Waals surface area contributed by atoms with Crippen molar-refractivity contribution in [2.24, 2.45) is 0 Å². The van der Waals surface area contributed by atoms with Crippen molar-refractivity contribution in [3.05, 3.63) is 40.9 Å². The maximum atomic E-state index is 11.7. The number of aromatic amines is 2. The van der Waals surface area contributed by atoms with Gasteiger partial charge in [0.2, 0.25) is 5.95 Å². The van der Waals surface area contributed by atoms with Gasteiger partial charge in [0.05, 0.1) is 24.0 Å². The molecule has 1 saturated heterocycles. The average molecular weight is 496 g/mol. The van der Waals surface area contributed by atoms with Gasteiger partial charge in [0.1, 0.15) is 18.3 Å². The Morgan fingerprint density at radius 1 is 1.12 bits per heavy atom. The van der Waals surface area contributed by atoms with E-state index in [1.165, 1.54) is 10.9 Å². The van der Waals surface area contributed by atoms with Gasteiger partial charge >= 0.3 is 7.82 Å². The van der Waals surface area contributed by atoms with Crippen LogP contribution >= 0.6 is 7.82 Å². The number of phosphoric acid groups is 1. The van der Waals surface area contributed by atoms with Gasteiger partial charge in [0, 0.05) is 0 Å². The van der Waals surface area contributed by atoms with Crippen molar-refractivity contribution < 1.29 is 33.8 Å². The standard InChI is InChI=1S/C10H14N5O8P.C7H7N3/c11-10-13-7-4(8(18)14-10)12-2-15(7)9-6(17)5(16)3(23-9)1-22-24(19,20)21;8-7-9-5-3-1-2-4-6(5)10-7/h2-3,5-6,9,16-17H,1H2,(H2,19,20,21)(H3,11,13,14,18);1-4H,(H3,8,9,10)/t3-,5-,6-,9-;/m1./s1. The maximum absolute atomic E-state index is 11.7. The molecule has 17 heteroatoms.